The molecule has 0 aliphatic carbocycles. The first-order valence-corrected chi connectivity index (χ1v) is 4.72. The smallest absolute Gasteiger partial charge is 0.243 e. The van der Waals surface area contributed by atoms with E-state index in [4.69, 9.17) is 0 Å². The van der Waals surface area contributed by atoms with Gasteiger partial charge in [0.25, 0.3) is 0 Å². The van der Waals surface area contributed by atoms with Gasteiger partial charge in [0.1, 0.15) is 0 Å². The van der Waals surface area contributed by atoms with Gasteiger partial charge in [0.05, 0.1) is 0 Å². The molecule has 0 aromatic carbocycles. The van der Waals surface area contributed by atoms with E-state index in [0.29, 0.717) is 26.2 Å². The van der Waals surface area contributed by atoms with Crippen molar-refractivity contribution in [2.75, 3.05) is 26.2 Å². The Morgan fingerprint density at radius 1 is 0.867 bits per heavy atom. The van der Waals surface area contributed by atoms with Crippen molar-refractivity contribution in [3.63, 3.8) is 0 Å². The van der Waals surface area contributed by atoms with Crippen molar-refractivity contribution < 1.29 is 9.59 Å². The van der Waals surface area contributed by atoms with E-state index in [1.807, 2.05) is 0 Å². The summed E-state index contributed by atoms with van der Waals surface area (Å²) in [5.74, 6) is -0.367. The van der Waals surface area contributed by atoms with Crippen molar-refractivity contribution in [2.24, 2.45) is 0 Å². The Balaban J connectivity index is 3.18. The van der Waals surface area contributed by atoms with E-state index in [0.717, 1.165) is 0 Å². The van der Waals surface area contributed by atoms with Crippen LogP contribution in [0.15, 0.2) is 25.3 Å². The zero-order valence-electron chi connectivity index (χ0n) is 8.71. The fourth-order valence-corrected chi connectivity index (χ4v) is 0.818. The molecule has 0 aromatic rings. The first-order valence-electron chi connectivity index (χ1n) is 4.72. The van der Waals surface area contributed by atoms with Crippen LogP contribution >= 0.6 is 0 Å². The third-order valence-electron chi connectivity index (χ3n) is 1.57. The van der Waals surface area contributed by atoms with E-state index in [1.54, 1.807) is 0 Å². The Hall–Kier alpha value is -1.62. The van der Waals surface area contributed by atoms with Gasteiger partial charge < -0.3 is 16.0 Å². The van der Waals surface area contributed by atoms with Gasteiger partial charge in [-0.1, -0.05) is 13.2 Å². The molecule has 0 bridgehead atoms. The van der Waals surface area contributed by atoms with Gasteiger partial charge in [-0.3, -0.25) is 9.59 Å². The fourth-order valence-electron chi connectivity index (χ4n) is 0.818. The van der Waals surface area contributed by atoms with Crippen molar-refractivity contribution in [1.82, 2.24) is 16.0 Å². The molecule has 2 amide bonds. The molecule has 84 valence electrons. The molecule has 5 heteroatoms. The van der Waals surface area contributed by atoms with E-state index in [-0.39, 0.29) is 11.8 Å². The Labute approximate surface area is 89.6 Å². The lowest BCUT2D eigenvalue weighted by molar-refractivity contribution is -0.117. The SMILES string of the molecule is C=CC(=O)NCCNCCNC(=O)C=C. The second kappa shape index (κ2) is 8.96. The number of hydrogen-bond acceptors (Lipinski definition) is 3. The average molecular weight is 211 g/mol. The molecule has 0 radical (unpaired) electrons. The van der Waals surface area contributed by atoms with Crippen LogP contribution in [0.3, 0.4) is 0 Å². The quantitative estimate of drug-likeness (QED) is 0.363. The third kappa shape index (κ3) is 8.70. The van der Waals surface area contributed by atoms with Gasteiger partial charge in [0, 0.05) is 26.2 Å². The minimum atomic E-state index is -0.184. The molecule has 3 N–H and O–H groups in total. The predicted molar refractivity (Wildman–Crippen MR) is 59.3 cm³/mol. The molecule has 0 atom stereocenters. The summed E-state index contributed by atoms with van der Waals surface area (Å²) in [4.78, 5) is 21.4. The molecule has 0 aliphatic heterocycles. The van der Waals surface area contributed by atoms with E-state index in [1.165, 1.54) is 12.2 Å². The maximum Gasteiger partial charge on any atom is 0.243 e. The highest BCUT2D eigenvalue weighted by Gasteiger charge is 1.93. The standard InChI is InChI=1S/C10H17N3O2/c1-3-9(14)12-7-5-11-6-8-13-10(15)4-2/h3-4,11H,1-2,5-8H2,(H,12,14)(H,13,15). The predicted octanol–water partition coefficient (Wildman–Crippen LogP) is -0.820. The molecule has 0 unspecified atom stereocenters. The number of carbonyl (C=O) groups is 2. The average Bonchev–Trinajstić information content (AvgIpc) is 2.26. The van der Waals surface area contributed by atoms with Gasteiger partial charge in [0.15, 0.2) is 0 Å². The topological polar surface area (TPSA) is 70.2 Å². The first-order chi connectivity index (χ1) is 7.20. The second-order valence-corrected chi connectivity index (χ2v) is 2.74. The van der Waals surface area contributed by atoms with E-state index < -0.39 is 0 Å². The molecular weight excluding hydrogens is 194 g/mol. The Bertz CT molecular complexity index is 215. The normalized spacial score (nSPS) is 9.07. The lowest BCUT2D eigenvalue weighted by Gasteiger charge is -2.05. The van der Waals surface area contributed by atoms with Crippen LogP contribution in [0.25, 0.3) is 0 Å². The molecule has 0 rings (SSSR count). The largest absolute Gasteiger partial charge is 0.351 e. The van der Waals surface area contributed by atoms with Gasteiger partial charge in [-0.2, -0.15) is 0 Å². The van der Waals surface area contributed by atoms with Gasteiger partial charge in [0.2, 0.25) is 11.8 Å². The number of hydrogen-bond donors (Lipinski definition) is 3. The Morgan fingerprint density at radius 3 is 1.60 bits per heavy atom. The van der Waals surface area contributed by atoms with Crippen LogP contribution in [0.5, 0.6) is 0 Å². The van der Waals surface area contributed by atoms with Crippen molar-refractivity contribution in [3.8, 4) is 0 Å². The summed E-state index contributed by atoms with van der Waals surface area (Å²) in [7, 11) is 0. The molecule has 0 saturated heterocycles. The monoisotopic (exact) mass is 211 g/mol. The van der Waals surface area contributed by atoms with Gasteiger partial charge in [-0.15, -0.1) is 0 Å². The molecular formula is C10H17N3O2. The van der Waals surface area contributed by atoms with Crippen LogP contribution in [0.4, 0.5) is 0 Å². The Morgan fingerprint density at radius 2 is 1.27 bits per heavy atom. The molecule has 0 aliphatic rings. The summed E-state index contributed by atoms with van der Waals surface area (Å²) in [5.41, 5.74) is 0. The molecule has 0 saturated carbocycles. The maximum absolute atomic E-state index is 10.7. The highest BCUT2D eigenvalue weighted by Crippen LogP contribution is 1.67. The zero-order chi connectivity index (χ0) is 11.5. The van der Waals surface area contributed by atoms with Crippen molar-refractivity contribution in [3.05, 3.63) is 25.3 Å². The molecule has 5 nitrogen and oxygen atoms in total. The summed E-state index contributed by atoms with van der Waals surface area (Å²) in [6.45, 7) is 9.05. The molecule has 0 aromatic heterocycles. The van der Waals surface area contributed by atoms with Gasteiger partial charge in [-0.25, -0.2) is 0 Å². The van der Waals surface area contributed by atoms with Crippen LogP contribution in [0.2, 0.25) is 0 Å². The number of rotatable bonds is 8. The van der Waals surface area contributed by atoms with Crippen molar-refractivity contribution >= 4 is 11.8 Å². The maximum atomic E-state index is 10.7. The van der Waals surface area contributed by atoms with Crippen LogP contribution in [0.1, 0.15) is 0 Å². The van der Waals surface area contributed by atoms with Crippen molar-refractivity contribution in [2.45, 2.75) is 0 Å². The summed E-state index contributed by atoms with van der Waals surface area (Å²) >= 11 is 0. The number of amides is 2. The fraction of sp³-hybridized carbons (Fsp3) is 0.400. The van der Waals surface area contributed by atoms with E-state index >= 15 is 0 Å². The number of nitrogens with one attached hydrogen (secondary N) is 3. The highest BCUT2D eigenvalue weighted by atomic mass is 16.2. The summed E-state index contributed by atoms with van der Waals surface area (Å²) in [6, 6.07) is 0. The molecule has 0 fully saturated rings. The van der Waals surface area contributed by atoms with Crippen LogP contribution < -0.4 is 16.0 Å². The molecule has 0 heterocycles. The lowest BCUT2D eigenvalue weighted by Crippen LogP contribution is -2.35. The highest BCUT2D eigenvalue weighted by molar-refractivity contribution is 5.87. The molecule has 0 spiro atoms. The minimum absolute atomic E-state index is 0.184. The lowest BCUT2D eigenvalue weighted by atomic mass is 10.5. The van der Waals surface area contributed by atoms with Crippen LogP contribution in [0, 0.1) is 0 Å². The van der Waals surface area contributed by atoms with Gasteiger partial charge in [-0.05, 0) is 12.2 Å². The Kier molecular flexibility index (Phi) is 7.99. The summed E-state index contributed by atoms with van der Waals surface area (Å²) in [6.07, 6.45) is 2.45. The first kappa shape index (κ1) is 13.4. The third-order valence-corrected chi connectivity index (χ3v) is 1.57. The van der Waals surface area contributed by atoms with Crippen molar-refractivity contribution in [1.29, 1.82) is 0 Å². The summed E-state index contributed by atoms with van der Waals surface area (Å²) < 4.78 is 0. The second-order valence-electron chi connectivity index (χ2n) is 2.74. The van der Waals surface area contributed by atoms with Crippen LogP contribution in [-0.4, -0.2) is 38.0 Å². The van der Waals surface area contributed by atoms with E-state index in [2.05, 4.69) is 29.1 Å². The summed E-state index contributed by atoms with van der Waals surface area (Å²) in [5, 5.41) is 8.29. The minimum Gasteiger partial charge on any atom is -0.351 e. The van der Waals surface area contributed by atoms with E-state index in [9.17, 15) is 9.59 Å². The zero-order valence-corrected chi connectivity index (χ0v) is 8.71. The number of carbonyl (C=O) groups excluding carboxylic acids is 2. The van der Waals surface area contributed by atoms with Crippen LogP contribution in [-0.2, 0) is 9.59 Å². The molecule has 15 heavy (non-hydrogen) atoms. The van der Waals surface area contributed by atoms with Gasteiger partial charge >= 0.3 is 0 Å².